The predicted octanol–water partition coefficient (Wildman–Crippen LogP) is 3.22. The molecule has 4 heteroatoms. The molecule has 1 atom stereocenters. The summed E-state index contributed by atoms with van der Waals surface area (Å²) in [6.07, 6.45) is 0.913. The molecule has 22 heavy (non-hydrogen) atoms. The minimum absolute atomic E-state index is 0.0539. The van der Waals surface area contributed by atoms with Gasteiger partial charge in [0.05, 0.1) is 0 Å². The molecule has 1 aliphatic rings. The van der Waals surface area contributed by atoms with Crippen molar-refractivity contribution >= 4 is 16.9 Å². The molecule has 0 amide bonds. The van der Waals surface area contributed by atoms with Crippen LogP contribution < -0.4 is 0 Å². The van der Waals surface area contributed by atoms with Crippen LogP contribution in [0.5, 0.6) is 0 Å². The zero-order valence-electron chi connectivity index (χ0n) is 13.8. The molecule has 1 aromatic carbocycles. The van der Waals surface area contributed by atoms with Crippen LogP contribution in [0, 0.1) is 12.8 Å². The molecule has 0 saturated carbocycles. The topological polar surface area (TPSA) is 45.5 Å². The van der Waals surface area contributed by atoms with E-state index >= 15 is 0 Å². The van der Waals surface area contributed by atoms with Gasteiger partial charge in [0, 0.05) is 36.1 Å². The van der Waals surface area contributed by atoms with Crippen LogP contribution in [0.4, 0.5) is 0 Å². The third-order valence-electron chi connectivity index (χ3n) is 4.70. The Morgan fingerprint density at radius 2 is 2.05 bits per heavy atom. The average Bonchev–Trinajstić information content (AvgIpc) is 2.72. The Bertz CT molecular complexity index is 730. The quantitative estimate of drug-likeness (QED) is 0.946. The van der Waals surface area contributed by atoms with Gasteiger partial charge in [-0.2, -0.15) is 0 Å². The van der Waals surface area contributed by atoms with Gasteiger partial charge in [-0.3, -0.25) is 0 Å². The van der Waals surface area contributed by atoms with E-state index in [1.165, 1.54) is 22.2 Å². The number of fused-ring (bicyclic) bond motifs is 3. The van der Waals surface area contributed by atoms with Crippen molar-refractivity contribution in [2.75, 3.05) is 13.6 Å². The van der Waals surface area contributed by atoms with E-state index < -0.39 is 12.0 Å². The smallest absolute Gasteiger partial charge is 0.326 e. The first-order valence-electron chi connectivity index (χ1n) is 7.93. The highest BCUT2D eigenvalue weighted by Crippen LogP contribution is 2.35. The summed E-state index contributed by atoms with van der Waals surface area (Å²) in [5.74, 6) is -0.688. The maximum absolute atomic E-state index is 11.9. The summed E-state index contributed by atoms with van der Waals surface area (Å²) in [5, 5.41) is 11.0. The number of benzene rings is 1. The molecule has 0 fully saturated rings. The van der Waals surface area contributed by atoms with E-state index in [0.29, 0.717) is 0 Å². The molecule has 2 heterocycles. The van der Waals surface area contributed by atoms with E-state index in [9.17, 15) is 9.90 Å². The largest absolute Gasteiger partial charge is 0.480 e. The van der Waals surface area contributed by atoms with E-state index in [2.05, 4.69) is 41.6 Å². The van der Waals surface area contributed by atoms with Crippen molar-refractivity contribution in [2.24, 2.45) is 5.92 Å². The van der Waals surface area contributed by atoms with Crippen molar-refractivity contribution in [1.29, 1.82) is 0 Å². The fourth-order valence-electron chi connectivity index (χ4n) is 3.65. The van der Waals surface area contributed by atoms with Crippen molar-refractivity contribution in [2.45, 2.75) is 39.8 Å². The average molecular weight is 300 g/mol. The van der Waals surface area contributed by atoms with E-state index in [4.69, 9.17) is 0 Å². The number of aliphatic carboxylic acids is 1. The minimum Gasteiger partial charge on any atom is -0.480 e. The van der Waals surface area contributed by atoms with E-state index in [1.54, 1.807) is 0 Å². The number of likely N-dealkylation sites (N-methyl/N-ethyl adjacent to an activating group) is 1. The van der Waals surface area contributed by atoms with Gasteiger partial charge in [0.1, 0.15) is 6.04 Å². The Kier molecular flexibility index (Phi) is 3.73. The van der Waals surface area contributed by atoms with E-state index in [0.717, 1.165) is 25.0 Å². The van der Waals surface area contributed by atoms with Crippen molar-refractivity contribution in [3.05, 3.63) is 35.0 Å². The first-order chi connectivity index (χ1) is 10.4. The molecule has 1 aliphatic heterocycles. The van der Waals surface area contributed by atoms with Crippen LogP contribution in [-0.2, 0) is 17.8 Å². The van der Waals surface area contributed by atoms with Gasteiger partial charge < -0.3 is 14.6 Å². The minimum atomic E-state index is -0.741. The zero-order chi connectivity index (χ0) is 16.0. The molecule has 0 radical (unpaired) electrons. The number of hydrogen-bond acceptors (Lipinski definition) is 2. The number of carboxylic acid groups (broad SMARTS) is 1. The maximum atomic E-state index is 11.9. The summed E-state index contributed by atoms with van der Waals surface area (Å²) in [4.78, 5) is 14.2. The third-order valence-corrected chi connectivity index (χ3v) is 4.70. The lowest BCUT2D eigenvalue weighted by Gasteiger charge is -2.27. The van der Waals surface area contributed by atoms with E-state index in [-0.39, 0.29) is 5.92 Å². The monoisotopic (exact) mass is 300 g/mol. The molecule has 1 N–H and O–H groups in total. The lowest BCUT2D eigenvalue weighted by Crippen LogP contribution is -2.31. The van der Waals surface area contributed by atoms with Crippen LogP contribution >= 0.6 is 0 Å². The van der Waals surface area contributed by atoms with Gasteiger partial charge in [0.2, 0.25) is 0 Å². The summed E-state index contributed by atoms with van der Waals surface area (Å²) in [5.41, 5.74) is 4.79. The molecule has 1 unspecified atom stereocenters. The van der Waals surface area contributed by atoms with Crippen molar-refractivity contribution < 1.29 is 9.90 Å². The summed E-state index contributed by atoms with van der Waals surface area (Å²) in [6, 6.07) is 5.86. The van der Waals surface area contributed by atoms with Gasteiger partial charge in [0.25, 0.3) is 0 Å². The molecule has 0 spiro atoms. The van der Waals surface area contributed by atoms with Crippen molar-refractivity contribution in [3.8, 4) is 0 Å². The van der Waals surface area contributed by atoms with Crippen LogP contribution in [0.15, 0.2) is 18.2 Å². The van der Waals surface area contributed by atoms with Crippen LogP contribution in [0.2, 0.25) is 0 Å². The fraction of sp³-hybridized carbons (Fsp3) is 0.500. The molecule has 118 valence electrons. The summed E-state index contributed by atoms with van der Waals surface area (Å²) < 4.78 is 2.09. The van der Waals surface area contributed by atoms with Gasteiger partial charge in [-0.25, -0.2) is 4.79 Å². The second-order valence-corrected chi connectivity index (χ2v) is 6.83. The van der Waals surface area contributed by atoms with Crippen LogP contribution in [0.25, 0.3) is 10.9 Å². The number of hydrogen-bond donors (Lipinski definition) is 1. The summed E-state index contributed by atoms with van der Waals surface area (Å²) in [7, 11) is 2.12. The molecule has 0 bridgehead atoms. The maximum Gasteiger partial charge on any atom is 0.326 e. The van der Waals surface area contributed by atoms with Crippen LogP contribution in [0.1, 0.15) is 36.7 Å². The Labute approximate surface area is 131 Å². The normalized spacial score (nSPS) is 17.0. The number of nitrogens with zero attached hydrogens (tertiary/aromatic N) is 2. The Balaban J connectivity index is 2.32. The number of aryl methyl sites for hydroxylation is 1. The predicted molar refractivity (Wildman–Crippen MR) is 88.2 cm³/mol. The molecule has 3 rings (SSSR count). The van der Waals surface area contributed by atoms with Gasteiger partial charge in [-0.05, 0) is 37.6 Å². The number of carboxylic acids is 1. The molecule has 0 aliphatic carbocycles. The highest BCUT2D eigenvalue weighted by Gasteiger charge is 2.31. The number of rotatable bonds is 3. The molecule has 0 saturated heterocycles. The first-order valence-corrected chi connectivity index (χ1v) is 7.93. The molecule has 4 nitrogen and oxygen atoms in total. The van der Waals surface area contributed by atoms with Crippen molar-refractivity contribution in [3.63, 3.8) is 0 Å². The van der Waals surface area contributed by atoms with Crippen molar-refractivity contribution in [1.82, 2.24) is 9.47 Å². The van der Waals surface area contributed by atoms with Crippen LogP contribution in [-0.4, -0.2) is 34.1 Å². The highest BCUT2D eigenvalue weighted by molar-refractivity contribution is 5.88. The van der Waals surface area contributed by atoms with E-state index in [1.807, 2.05) is 13.8 Å². The van der Waals surface area contributed by atoms with Gasteiger partial charge in [-0.15, -0.1) is 0 Å². The number of carbonyl (C=O) groups is 1. The SMILES string of the molecule is Cc1ccc2c(c1)c1c(n2C(C(=O)O)C(C)C)CCN(C)C1. The van der Waals surface area contributed by atoms with Gasteiger partial charge >= 0.3 is 5.97 Å². The molecular weight excluding hydrogens is 276 g/mol. The van der Waals surface area contributed by atoms with Crippen LogP contribution in [0.3, 0.4) is 0 Å². The molecule has 1 aromatic heterocycles. The number of aromatic nitrogens is 1. The standard InChI is InChI=1S/C18H24N2O2/c1-11(2)17(18(21)22)20-15-6-5-12(3)9-13(15)14-10-19(4)8-7-16(14)20/h5-6,9,11,17H,7-8,10H2,1-4H3,(H,21,22). The summed E-state index contributed by atoms with van der Waals surface area (Å²) >= 11 is 0. The van der Waals surface area contributed by atoms with Gasteiger partial charge in [-0.1, -0.05) is 25.5 Å². The first kappa shape index (κ1) is 15.1. The Hall–Kier alpha value is -1.81. The second kappa shape index (κ2) is 5.43. The molecular formula is C18H24N2O2. The fourth-order valence-corrected chi connectivity index (χ4v) is 3.65. The Morgan fingerprint density at radius 1 is 1.32 bits per heavy atom. The molecule has 2 aromatic rings. The lowest BCUT2D eigenvalue weighted by molar-refractivity contribution is -0.142. The third kappa shape index (κ3) is 2.31. The summed E-state index contributed by atoms with van der Waals surface area (Å²) in [6.45, 7) is 7.94. The second-order valence-electron chi connectivity index (χ2n) is 6.83. The highest BCUT2D eigenvalue weighted by atomic mass is 16.4. The zero-order valence-corrected chi connectivity index (χ0v) is 13.8. The Morgan fingerprint density at radius 3 is 2.68 bits per heavy atom. The van der Waals surface area contributed by atoms with Gasteiger partial charge in [0.15, 0.2) is 0 Å². The lowest BCUT2D eigenvalue weighted by atomic mass is 10.0.